The summed E-state index contributed by atoms with van der Waals surface area (Å²) in [5.41, 5.74) is 10.9. The lowest BCUT2D eigenvalue weighted by Gasteiger charge is -2.12. The first-order valence-electron chi connectivity index (χ1n) is 6.94. The van der Waals surface area contributed by atoms with E-state index in [1.165, 1.54) is 0 Å². The average Bonchev–Trinajstić information content (AvgIpc) is 2.97. The van der Waals surface area contributed by atoms with E-state index in [1.54, 1.807) is 7.11 Å². The van der Waals surface area contributed by atoms with E-state index in [4.69, 9.17) is 10.5 Å². The van der Waals surface area contributed by atoms with E-state index in [9.17, 15) is 0 Å². The molecule has 3 rings (SSSR count). The lowest BCUT2D eigenvalue weighted by Crippen LogP contribution is -2.07. The predicted octanol–water partition coefficient (Wildman–Crippen LogP) is 2.05. The minimum atomic E-state index is 0.469. The summed E-state index contributed by atoms with van der Waals surface area (Å²) in [7, 11) is 3.60. The molecule has 6 heteroatoms. The highest BCUT2D eigenvalue weighted by Gasteiger charge is 2.19. The second-order valence-electron chi connectivity index (χ2n) is 4.96. The summed E-state index contributed by atoms with van der Waals surface area (Å²) in [5, 5.41) is 4.52. The zero-order valence-electron chi connectivity index (χ0n) is 12.5. The van der Waals surface area contributed by atoms with E-state index in [-0.39, 0.29) is 0 Å². The highest BCUT2D eigenvalue weighted by molar-refractivity contribution is 5.80. The number of nitrogen functional groups attached to an aromatic ring is 1. The number of hydrogen-bond donors (Lipinski definition) is 1. The average molecular weight is 285 g/mol. The van der Waals surface area contributed by atoms with E-state index in [1.807, 2.05) is 40.6 Å². The van der Waals surface area contributed by atoms with Gasteiger partial charge in [0, 0.05) is 19.7 Å². The highest BCUT2D eigenvalue weighted by atomic mass is 16.5. The van der Waals surface area contributed by atoms with Crippen LogP contribution in [0.3, 0.4) is 0 Å². The van der Waals surface area contributed by atoms with Crippen molar-refractivity contribution in [1.82, 2.24) is 19.3 Å². The molecule has 1 aromatic carbocycles. The molecule has 0 saturated carbocycles. The minimum Gasteiger partial charge on any atom is -0.380 e. The maximum absolute atomic E-state index is 6.16. The lowest BCUT2D eigenvalue weighted by molar-refractivity contribution is 0.185. The van der Waals surface area contributed by atoms with Gasteiger partial charge in [-0.1, -0.05) is 25.1 Å². The summed E-state index contributed by atoms with van der Waals surface area (Å²) in [5.74, 6) is 0.469. The number of methoxy groups -OCH3 is 1. The Bertz CT molecular complexity index is 787. The highest BCUT2D eigenvalue weighted by Crippen LogP contribution is 2.27. The van der Waals surface area contributed by atoms with Crippen molar-refractivity contribution in [3.8, 4) is 5.69 Å². The molecular weight excluding hydrogens is 266 g/mol. The number of fused-ring (bicyclic) bond motifs is 1. The number of benzene rings is 1. The van der Waals surface area contributed by atoms with Crippen molar-refractivity contribution in [2.24, 2.45) is 7.05 Å². The number of para-hydroxylation sites is 1. The molecule has 0 aliphatic rings. The van der Waals surface area contributed by atoms with Crippen LogP contribution < -0.4 is 5.73 Å². The minimum absolute atomic E-state index is 0.469. The van der Waals surface area contributed by atoms with Gasteiger partial charge in [-0.3, -0.25) is 4.57 Å². The summed E-state index contributed by atoms with van der Waals surface area (Å²) in [6.07, 6.45) is 0.827. The third-order valence-electron chi connectivity index (χ3n) is 3.60. The molecule has 0 atom stereocenters. The van der Waals surface area contributed by atoms with E-state index in [0.29, 0.717) is 12.6 Å². The van der Waals surface area contributed by atoms with Gasteiger partial charge >= 0.3 is 0 Å². The van der Waals surface area contributed by atoms with E-state index >= 15 is 0 Å². The van der Waals surface area contributed by atoms with Crippen LogP contribution >= 0.6 is 0 Å². The maximum Gasteiger partial charge on any atom is 0.207 e. The molecule has 0 saturated heterocycles. The first-order chi connectivity index (χ1) is 10.2. The summed E-state index contributed by atoms with van der Waals surface area (Å²) in [6, 6.07) is 8.02. The number of ether oxygens (including phenoxy) is 1. The van der Waals surface area contributed by atoms with E-state index in [0.717, 1.165) is 34.5 Å². The second-order valence-corrected chi connectivity index (χ2v) is 4.96. The number of nitrogens with two attached hydrogens (primary N) is 1. The van der Waals surface area contributed by atoms with Crippen molar-refractivity contribution in [3.05, 3.63) is 35.5 Å². The second kappa shape index (κ2) is 5.21. The van der Waals surface area contributed by atoms with Gasteiger partial charge in [-0.2, -0.15) is 5.10 Å². The summed E-state index contributed by atoms with van der Waals surface area (Å²) < 4.78 is 9.05. The van der Waals surface area contributed by atoms with Crippen molar-refractivity contribution in [2.75, 3.05) is 12.8 Å². The molecule has 2 N–H and O–H groups in total. The Kier molecular flexibility index (Phi) is 3.39. The van der Waals surface area contributed by atoms with Gasteiger partial charge in [0.15, 0.2) is 5.65 Å². The SMILES string of the molecule is CCc1nn(C)c2c1nc(N)n2-c1ccccc1COC. The number of nitrogens with zero attached hydrogens (tertiary/aromatic N) is 4. The van der Waals surface area contributed by atoms with Crippen LogP contribution in [0.5, 0.6) is 0 Å². The summed E-state index contributed by atoms with van der Waals surface area (Å²) in [4.78, 5) is 4.50. The Balaban J connectivity index is 2.30. The third-order valence-corrected chi connectivity index (χ3v) is 3.60. The van der Waals surface area contributed by atoms with Crippen molar-refractivity contribution < 1.29 is 4.74 Å². The van der Waals surface area contributed by atoms with Gasteiger partial charge in [0.1, 0.15) is 5.52 Å². The van der Waals surface area contributed by atoms with Gasteiger partial charge in [-0.25, -0.2) is 9.67 Å². The molecule has 0 bridgehead atoms. The normalized spacial score (nSPS) is 11.4. The Morgan fingerprint density at radius 2 is 2.05 bits per heavy atom. The van der Waals surface area contributed by atoms with Crippen LogP contribution in [0.25, 0.3) is 16.9 Å². The Labute approximate surface area is 123 Å². The molecule has 0 fully saturated rings. The lowest BCUT2D eigenvalue weighted by atomic mass is 10.2. The fourth-order valence-corrected chi connectivity index (χ4v) is 2.68. The monoisotopic (exact) mass is 285 g/mol. The standard InChI is InChI=1S/C15H19N5O/c1-4-11-13-14(19(2)18-11)20(15(16)17-13)12-8-6-5-7-10(12)9-21-3/h5-8H,4,9H2,1-3H3,(H2,16,17). The van der Waals surface area contributed by atoms with E-state index in [2.05, 4.69) is 17.0 Å². The van der Waals surface area contributed by atoms with Crippen LogP contribution in [-0.4, -0.2) is 26.4 Å². The number of aromatic nitrogens is 4. The molecule has 0 unspecified atom stereocenters. The molecule has 0 aliphatic carbocycles. The third kappa shape index (κ3) is 2.08. The van der Waals surface area contributed by atoms with Crippen LogP contribution in [0.4, 0.5) is 5.95 Å². The molecule has 0 spiro atoms. The number of anilines is 1. The van der Waals surface area contributed by atoms with Crippen molar-refractivity contribution in [2.45, 2.75) is 20.0 Å². The molecule has 6 nitrogen and oxygen atoms in total. The van der Waals surface area contributed by atoms with Gasteiger partial charge in [0.05, 0.1) is 18.0 Å². The Morgan fingerprint density at radius 3 is 2.76 bits per heavy atom. The largest absolute Gasteiger partial charge is 0.380 e. The molecule has 0 radical (unpaired) electrons. The van der Waals surface area contributed by atoms with Crippen molar-refractivity contribution in [3.63, 3.8) is 0 Å². The fraction of sp³-hybridized carbons (Fsp3) is 0.333. The molecule has 21 heavy (non-hydrogen) atoms. The molecule has 3 aromatic rings. The van der Waals surface area contributed by atoms with Crippen LogP contribution in [0, 0.1) is 0 Å². The summed E-state index contributed by atoms with van der Waals surface area (Å²) >= 11 is 0. The zero-order chi connectivity index (χ0) is 15.0. The smallest absolute Gasteiger partial charge is 0.207 e. The Morgan fingerprint density at radius 1 is 1.29 bits per heavy atom. The van der Waals surface area contributed by atoms with Gasteiger partial charge < -0.3 is 10.5 Å². The van der Waals surface area contributed by atoms with Gasteiger partial charge in [-0.05, 0) is 12.5 Å². The molecular formula is C15H19N5O. The van der Waals surface area contributed by atoms with Crippen LogP contribution in [0.1, 0.15) is 18.2 Å². The zero-order valence-corrected chi connectivity index (χ0v) is 12.5. The number of aryl methyl sites for hydroxylation is 2. The van der Waals surface area contributed by atoms with Crippen LogP contribution in [0.2, 0.25) is 0 Å². The van der Waals surface area contributed by atoms with Gasteiger partial charge in [-0.15, -0.1) is 0 Å². The first kappa shape index (κ1) is 13.6. The van der Waals surface area contributed by atoms with Crippen molar-refractivity contribution >= 4 is 17.1 Å². The maximum atomic E-state index is 6.16. The Hall–Kier alpha value is -2.34. The van der Waals surface area contributed by atoms with Crippen LogP contribution in [-0.2, 0) is 24.8 Å². The number of imidazole rings is 1. The number of rotatable bonds is 4. The fourth-order valence-electron chi connectivity index (χ4n) is 2.68. The molecule has 0 amide bonds. The van der Waals surface area contributed by atoms with Gasteiger partial charge in [0.25, 0.3) is 0 Å². The number of hydrogen-bond acceptors (Lipinski definition) is 4. The predicted molar refractivity (Wildman–Crippen MR) is 82.3 cm³/mol. The molecule has 110 valence electrons. The van der Waals surface area contributed by atoms with Crippen LogP contribution in [0.15, 0.2) is 24.3 Å². The summed E-state index contributed by atoms with van der Waals surface area (Å²) in [6.45, 7) is 2.59. The first-order valence-corrected chi connectivity index (χ1v) is 6.94. The molecule has 0 aliphatic heterocycles. The quantitative estimate of drug-likeness (QED) is 0.796. The van der Waals surface area contributed by atoms with Crippen molar-refractivity contribution in [1.29, 1.82) is 0 Å². The molecule has 2 aromatic heterocycles. The van der Waals surface area contributed by atoms with E-state index < -0.39 is 0 Å². The molecule has 2 heterocycles. The topological polar surface area (TPSA) is 70.9 Å². The van der Waals surface area contributed by atoms with Gasteiger partial charge in [0.2, 0.25) is 5.95 Å².